The molecule has 0 saturated carbocycles. The molecule has 2 amide bonds. The lowest BCUT2D eigenvalue weighted by atomic mass is 10.2. The number of hydrogen-bond acceptors (Lipinski definition) is 4. The Balaban J connectivity index is 2.02. The third-order valence-electron chi connectivity index (χ3n) is 3.08. The number of carbonyl (C=O) groups excluding carboxylic acids is 2. The summed E-state index contributed by atoms with van der Waals surface area (Å²) in [6, 6.07) is 3.76. The van der Waals surface area contributed by atoms with Crippen LogP contribution in [0.25, 0.3) is 0 Å². The van der Waals surface area contributed by atoms with Crippen molar-refractivity contribution in [3.8, 4) is 11.8 Å². The number of piperazine rings is 1. The molecule has 1 aliphatic heterocycles. The van der Waals surface area contributed by atoms with Gasteiger partial charge in [0.2, 0.25) is 0 Å². The zero-order valence-corrected chi connectivity index (χ0v) is 12.1. The Labute approximate surface area is 121 Å². The summed E-state index contributed by atoms with van der Waals surface area (Å²) in [5.41, 5.74) is 0. The molecule has 20 heavy (non-hydrogen) atoms. The highest BCUT2D eigenvalue weighted by atomic mass is 32.1. The maximum absolute atomic E-state index is 12.0. The molecule has 1 saturated heterocycles. The summed E-state index contributed by atoms with van der Waals surface area (Å²) in [6.07, 6.45) is 0. The van der Waals surface area contributed by atoms with E-state index in [1.807, 2.05) is 19.1 Å². The minimum absolute atomic E-state index is 0.167. The Morgan fingerprint density at radius 3 is 2.65 bits per heavy atom. The van der Waals surface area contributed by atoms with Gasteiger partial charge >= 0.3 is 11.8 Å². The molecule has 1 N–H and O–H groups in total. The van der Waals surface area contributed by atoms with E-state index in [4.69, 9.17) is 5.11 Å². The second kappa shape index (κ2) is 6.55. The van der Waals surface area contributed by atoms with E-state index in [-0.39, 0.29) is 6.61 Å². The number of amides is 2. The summed E-state index contributed by atoms with van der Waals surface area (Å²) in [7, 11) is 0. The Kier molecular flexibility index (Phi) is 4.77. The van der Waals surface area contributed by atoms with E-state index in [2.05, 4.69) is 11.8 Å². The highest BCUT2D eigenvalue weighted by Gasteiger charge is 2.31. The molecule has 0 unspecified atom stereocenters. The molecule has 2 heterocycles. The van der Waals surface area contributed by atoms with E-state index in [0.717, 1.165) is 9.75 Å². The zero-order valence-electron chi connectivity index (χ0n) is 11.3. The van der Waals surface area contributed by atoms with E-state index in [0.29, 0.717) is 26.2 Å². The molecular weight excluding hydrogens is 276 g/mol. The number of thiophene rings is 1. The normalized spacial score (nSPS) is 15.3. The van der Waals surface area contributed by atoms with Crippen LogP contribution in [0, 0.1) is 11.8 Å². The molecule has 1 fully saturated rings. The van der Waals surface area contributed by atoms with Gasteiger partial charge in [-0.25, -0.2) is 0 Å². The SMILES string of the molecule is CCN1CCN(Cc2ccc(C#CCO)s2)C(=O)C1=O. The van der Waals surface area contributed by atoms with Crippen LogP contribution in [0.3, 0.4) is 0 Å². The molecule has 0 atom stereocenters. The predicted molar refractivity (Wildman–Crippen MR) is 76.0 cm³/mol. The fraction of sp³-hybridized carbons (Fsp3) is 0.429. The van der Waals surface area contributed by atoms with Crippen LogP contribution >= 0.6 is 11.3 Å². The van der Waals surface area contributed by atoms with Crippen molar-refractivity contribution in [2.45, 2.75) is 13.5 Å². The highest BCUT2D eigenvalue weighted by Crippen LogP contribution is 2.19. The van der Waals surface area contributed by atoms with Crippen LogP contribution in [-0.2, 0) is 16.1 Å². The van der Waals surface area contributed by atoms with Crippen molar-refractivity contribution < 1.29 is 14.7 Å². The molecule has 0 aromatic carbocycles. The van der Waals surface area contributed by atoms with Gasteiger partial charge in [-0.3, -0.25) is 9.59 Å². The minimum Gasteiger partial charge on any atom is -0.384 e. The van der Waals surface area contributed by atoms with Gasteiger partial charge in [-0.2, -0.15) is 0 Å². The molecule has 1 aromatic rings. The van der Waals surface area contributed by atoms with E-state index in [1.165, 1.54) is 11.3 Å². The Morgan fingerprint density at radius 1 is 1.25 bits per heavy atom. The average Bonchev–Trinajstić information content (AvgIpc) is 2.89. The predicted octanol–water partition coefficient (Wildman–Crippen LogP) is 0.283. The standard InChI is InChI=1S/C14H16N2O3S/c1-2-15-7-8-16(14(19)13(15)18)10-12-6-5-11(20-12)4-3-9-17/h5-6,17H,2,7-10H2,1H3. The van der Waals surface area contributed by atoms with Gasteiger partial charge in [0.1, 0.15) is 6.61 Å². The first-order valence-corrected chi connectivity index (χ1v) is 7.24. The van der Waals surface area contributed by atoms with Crippen molar-refractivity contribution in [2.24, 2.45) is 0 Å². The molecule has 5 nitrogen and oxygen atoms in total. The Bertz CT molecular complexity index is 570. The van der Waals surface area contributed by atoms with Crippen molar-refractivity contribution in [1.29, 1.82) is 0 Å². The molecule has 106 valence electrons. The fourth-order valence-corrected chi connectivity index (χ4v) is 2.91. The minimum atomic E-state index is -0.436. The number of nitrogens with zero attached hydrogens (tertiary/aromatic N) is 2. The molecule has 1 aromatic heterocycles. The maximum Gasteiger partial charge on any atom is 0.312 e. The Hall–Kier alpha value is -1.84. The van der Waals surface area contributed by atoms with Crippen molar-refractivity contribution in [3.63, 3.8) is 0 Å². The topological polar surface area (TPSA) is 60.9 Å². The van der Waals surface area contributed by atoms with E-state index >= 15 is 0 Å². The summed E-state index contributed by atoms with van der Waals surface area (Å²) in [6.45, 7) is 3.86. The van der Waals surface area contributed by atoms with Crippen LogP contribution in [0.5, 0.6) is 0 Å². The number of hydrogen-bond donors (Lipinski definition) is 1. The highest BCUT2D eigenvalue weighted by molar-refractivity contribution is 7.12. The van der Waals surface area contributed by atoms with Gasteiger partial charge in [-0.1, -0.05) is 11.8 Å². The number of rotatable bonds is 3. The van der Waals surface area contributed by atoms with Gasteiger partial charge in [0.25, 0.3) is 0 Å². The third kappa shape index (κ3) is 3.18. The van der Waals surface area contributed by atoms with Crippen LogP contribution in [0.2, 0.25) is 0 Å². The van der Waals surface area contributed by atoms with Crippen molar-refractivity contribution >= 4 is 23.2 Å². The van der Waals surface area contributed by atoms with E-state index in [9.17, 15) is 9.59 Å². The number of likely N-dealkylation sites (N-methyl/N-ethyl adjacent to an activating group) is 1. The van der Waals surface area contributed by atoms with E-state index < -0.39 is 11.8 Å². The van der Waals surface area contributed by atoms with Crippen molar-refractivity contribution in [1.82, 2.24) is 9.80 Å². The first-order valence-electron chi connectivity index (χ1n) is 6.42. The lowest BCUT2D eigenvalue weighted by molar-refractivity contribution is -0.156. The largest absolute Gasteiger partial charge is 0.384 e. The molecule has 0 aliphatic carbocycles. The maximum atomic E-state index is 12.0. The van der Waals surface area contributed by atoms with Crippen LogP contribution < -0.4 is 0 Å². The van der Waals surface area contributed by atoms with Crippen LogP contribution in [0.4, 0.5) is 0 Å². The first-order chi connectivity index (χ1) is 9.65. The number of aliphatic hydroxyl groups is 1. The summed E-state index contributed by atoms with van der Waals surface area (Å²) in [4.78, 5) is 28.7. The number of aliphatic hydroxyl groups excluding tert-OH is 1. The van der Waals surface area contributed by atoms with Crippen molar-refractivity contribution in [3.05, 3.63) is 21.9 Å². The van der Waals surface area contributed by atoms with Gasteiger partial charge in [-0.15, -0.1) is 11.3 Å². The lowest BCUT2D eigenvalue weighted by Crippen LogP contribution is -2.53. The fourth-order valence-electron chi connectivity index (χ4n) is 2.01. The molecule has 0 bridgehead atoms. The quantitative estimate of drug-likeness (QED) is 0.643. The average molecular weight is 292 g/mol. The van der Waals surface area contributed by atoms with Gasteiger partial charge < -0.3 is 14.9 Å². The van der Waals surface area contributed by atoms with Gasteiger partial charge in [-0.05, 0) is 19.1 Å². The second-order valence-corrected chi connectivity index (χ2v) is 5.51. The lowest BCUT2D eigenvalue weighted by Gasteiger charge is -2.32. The molecule has 6 heteroatoms. The van der Waals surface area contributed by atoms with Crippen LogP contribution in [-0.4, -0.2) is 53.0 Å². The van der Waals surface area contributed by atoms with Crippen molar-refractivity contribution in [2.75, 3.05) is 26.2 Å². The summed E-state index contributed by atoms with van der Waals surface area (Å²) < 4.78 is 0. The second-order valence-electron chi connectivity index (χ2n) is 4.34. The van der Waals surface area contributed by atoms with Gasteiger partial charge in [0, 0.05) is 24.5 Å². The summed E-state index contributed by atoms with van der Waals surface area (Å²) in [5.74, 6) is 4.56. The molecule has 0 spiro atoms. The first kappa shape index (κ1) is 14.6. The molecule has 1 aliphatic rings. The zero-order chi connectivity index (χ0) is 14.5. The van der Waals surface area contributed by atoms with E-state index in [1.54, 1.807) is 9.80 Å². The van der Waals surface area contributed by atoms with Gasteiger partial charge in [0.15, 0.2) is 0 Å². The van der Waals surface area contributed by atoms with Crippen LogP contribution in [0.15, 0.2) is 12.1 Å². The number of carbonyl (C=O) groups is 2. The van der Waals surface area contributed by atoms with Crippen LogP contribution in [0.1, 0.15) is 16.7 Å². The summed E-state index contributed by atoms with van der Waals surface area (Å²) in [5, 5.41) is 8.64. The monoisotopic (exact) mass is 292 g/mol. The summed E-state index contributed by atoms with van der Waals surface area (Å²) >= 11 is 1.47. The van der Waals surface area contributed by atoms with Gasteiger partial charge in [0.05, 0.1) is 11.4 Å². The molecular formula is C14H16N2O3S. The third-order valence-corrected chi connectivity index (χ3v) is 4.06. The smallest absolute Gasteiger partial charge is 0.312 e. The molecule has 2 rings (SSSR count). The molecule has 0 radical (unpaired) electrons. The Morgan fingerprint density at radius 2 is 1.95 bits per heavy atom.